The fourth-order valence-electron chi connectivity index (χ4n) is 4.68. The number of hydrogen-bond acceptors (Lipinski definition) is 7. The minimum absolute atomic E-state index is 0.145. The van der Waals surface area contributed by atoms with Crippen LogP contribution in [-0.4, -0.2) is 26.4 Å². The summed E-state index contributed by atoms with van der Waals surface area (Å²) in [7, 11) is 0. The smallest absolute Gasteiger partial charge is 0.235 e. The number of anilines is 1. The number of aryl methyl sites for hydroxylation is 2. The van der Waals surface area contributed by atoms with Gasteiger partial charge in [-0.15, -0.1) is 21.5 Å². The van der Waals surface area contributed by atoms with E-state index in [4.69, 9.17) is 4.74 Å². The first-order valence-electron chi connectivity index (χ1n) is 12.5. The van der Waals surface area contributed by atoms with Gasteiger partial charge in [0, 0.05) is 11.4 Å². The highest BCUT2D eigenvalue weighted by Gasteiger charge is 2.26. The molecule has 9 heteroatoms. The minimum atomic E-state index is -0.287. The molecule has 1 amide bonds. The first-order valence-corrected chi connectivity index (χ1v) is 14.3. The molecule has 0 saturated carbocycles. The number of thiophene rings is 1. The van der Waals surface area contributed by atoms with E-state index in [1.165, 1.54) is 22.2 Å². The molecule has 2 atom stereocenters. The van der Waals surface area contributed by atoms with Crippen molar-refractivity contribution in [3.8, 4) is 11.8 Å². The van der Waals surface area contributed by atoms with Crippen LogP contribution >= 0.6 is 23.1 Å². The normalized spacial score (nSPS) is 15.7. The summed E-state index contributed by atoms with van der Waals surface area (Å²) in [6.07, 6.45) is 3.89. The second kappa shape index (κ2) is 11.5. The van der Waals surface area contributed by atoms with E-state index in [1.54, 1.807) is 11.3 Å². The van der Waals surface area contributed by atoms with E-state index >= 15 is 0 Å². The molecule has 1 aromatic carbocycles. The zero-order chi connectivity index (χ0) is 25.8. The summed E-state index contributed by atoms with van der Waals surface area (Å²) in [5.41, 5.74) is 4.03. The van der Waals surface area contributed by atoms with Crippen LogP contribution in [0.3, 0.4) is 0 Å². The number of rotatable bonds is 9. The number of ether oxygens (including phenoxy) is 1. The molecular formula is C27H33N5O2S2. The topological polar surface area (TPSA) is 92.8 Å². The maximum atomic E-state index is 12.8. The zero-order valence-corrected chi connectivity index (χ0v) is 23.2. The lowest BCUT2D eigenvalue weighted by Crippen LogP contribution is -2.15. The molecule has 0 bridgehead atoms. The van der Waals surface area contributed by atoms with Gasteiger partial charge in [-0.1, -0.05) is 42.8 Å². The van der Waals surface area contributed by atoms with Crippen LogP contribution in [0.1, 0.15) is 72.7 Å². The number of aromatic nitrogens is 3. The van der Waals surface area contributed by atoms with Crippen molar-refractivity contribution in [3.63, 3.8) is 0 Å². The maximum Gasteiger partial charge on any atom is 0.235 e. The predicted molar refractivity (Wildman–Crippen MR) is 145 cm³/mol. The lowest BCUT2D eigenvalue weighted by Gasteiger charge is -2.20. The van der Waals surface area contributed by atoms with Crippen molar-refractivity contribution < 1.29 is 9.53 Å². The highest BCUT2D eigenvalue weighted by Crippen LogP contribution is 2.40. The van der Waals surface area contributed by atoms with Crippen LogP contribution in [0.2, 0.25) is 0 Å². The largest absolute Gasteiger partial charge is 0.482 e. The number of hydrogen-bond donors (Lipinski definition) is 1. The Kier molecular flexibility index (Phi) is 8.37. The summed E-state index contributed by atoms with van der Waals surface area (Å²) in [6, 6.07) is 8.43. The van der Waals surface area contributed by atoms with E-state index < -0.39 is 0 Å². The van der Waals surface area contributed by atoms with Crippen LogP contribution in [0.25, 0.3) is 0 Å². The van der Waals surface area contributed by atoms with Crippen LogP contribution in [0, 0.1) is 31.1 Å². The third-order valence-electron chi connectivity index (χ3n) is 6.70. The molecule has 1 N–H and O–H groups in total. The molecule has 0 fully saturated rings. The van der Waals surface area contributed by atoms with Crippen molar-refractivity contribution in [1.82, 2.24) is 14.8 Å². The molecule has 190 valence electrons. The van der Waals surface area contributed by atoms with Gasteiger partial charge in [-0.2, -0.15) is 5.26 Å². The molecular weight excluding hydrogens is 490 g/mol. The predicted octanol–water partition coefficient (Wildman–Crippen LogP) is 6.23. The average molecular weight is 524 g/mol. The van der Waals surface area contributed by atoms with Crippen molar-refractivity contribution in [2.24, 2.45) is 5.92 Å². The number of thioether (sulfide) groups is 1. The minimum Gasteiger partial charge on any atom is -0.482 e. The van der Waals surface area contributed by atoms with Crippen molar-refractivity contribution in [2.45, 2.75) is 78.1 Å². The summed E-state index contributed by atoms with van der Waals surface area (Å²) in [5, 5.41) is 22.8. The van der Waals surface area contributed by atoms with Crippen molar-refractivity contribution in [1.29, 1.82) is 5.26 Å². The van der Waals surface area contributed by atoms with Gasteiger partial charge in [0.1, 0.15) is 16.8 Å². The molecule has 1 aliphatic carbocycles. The van der Waals surface area contributed by atoms with E-state index in [1.807, 2.05) is 37.5 Å². The van der Waals surface area contributed by atoms with Gasteiger partial charge in [-0.05, 0) is 70.1 Å². The number of nitrogens with zero attached hydrogens (tertiary/aromatic N) is 4. The quantitative estimate of drug-likeness (QED) is 0.334. The Morgan fingerprint density at radius 2 is 2.17 bits per heavy atom. The van der Waals surface area contributed by atoms with Crippen molar-refractivity contribution >= 4 is 34.0 Å². The van der Waals surface area contributed by atoms with Crippen LogP contribution in [-0.2, 0) is 24.2 Å². The lowest BCUT2D eigenvalue weighted by atomic mass is 9.86. The van der Waals surface area contributed by atoms with Gasteiger partial charge in [0.2, 0.25) is 5.91 Å². The van der Waals surface area contributed by atoms with Crippen molar-refractivity contribution in [2.75, 3.05) is 11.1 Å². The van der Waals surface area contributed by atoms with E-state index in [0.717, 1.165) is 48.4 Å². The molecule has 1 aliphatic rings. The summed E-state index contributed by atoms with van der Waals surface area (Å²) < 4.78 is 8.17. The molecule has 36 heavy (non-hydrogen) atoms. The van der Waals surface area contributed by atoms with E-state index in [-0.39, 0.29) is 17.8 Å². The van der Waals surface area contributed by atoms with Gasteiger partial charge in [0.05, 0.1) is 11.3 Å². The van der Waals surface area contributed by atoms with E-state index in [9.17, 15) is 10.1 Å². The Labute approximate surface area is 221 Å². The first kappa shape index (κ1) is 26.2. The Morgan fingerprint density at radius 1 is 1.36 bits per heavy atom. The van der Waals surface area contributed by atoms with Crippen molar-refractivity contribution in [3.05, 3.63) is 51.2 Å². The molecule has 2 unspecified atom stereocenters. The summed E-state index contributed by atoms with van der Waals surface area (Å²) >= 11 is 2.91. The second-order valence-electron chi connectivity index (χ2n) is 9.29. The van der Waals surface area contributed by atoms with Gasteiger partial charge >= 0.3 is 0 Å². The highest BCUT2D eigenvalue weighted by atomic mass is 32.2. The number of nitriles is 1. The summed E-state index contributed by atoms with van der Waals surface area (Å²) in [5.74, 6) is 2.26. The molecule has 0 saturated heterocycles. The first-order chi connectivity index (χ1) is 17.3. The highest BCUT2D eigenvalue weighted by molar-refractivity contribution is 7.99. The summed E-state index contributed by atoms with van der Waals surface area (Å²) in [6.45, 7) is 11.0. The van der Waals surface area contributed by atoms with Gasteiger partial charge in [-0.3, -0.25) is 4.79 Å². The molecule has 4 rings (SSSR count). The standard InChI is InChI=1S/C27H33N5O2S2/c1-6-19-9-10-20-21(14-28)26(36-23(20)13-19)29-24(33)15-35-27-31-30-25(32(27)7-2)18(5)34-22-11-8-16(3)12-17(22)4/h8,11-12,18-19H,6-7,9-10,13,15H2,1-5H3,(H,29,33). The maximum absolute atomic E-state index is 12.8. The van der Waals surface area contributed by atoms with Gasteiger partial charge in [-0.25, -0.2) is 0 Å². The summed E-state index contributed by atoms with van der Waals surface area (Å²) in [4.78, 5) is 14.1. The van der Waals surface area contributed by atoms with E-state index in [2.05, 4.69) is 41.5 Å². The fourth-order valence-corrected chi connectivity index (χ4v) is 6.82. The zero-order valence-electron chi connectivity index (χ0n) is 21.6. The number of fused-ring (bicyclic) bond motifs is 1. The molecule has 0 radical (unpaired) electrons. The average Bonchev–Trinajstić information content (AvgIpc) is 3.43. The molecule has 2 aromatic heterocycles. The molecule has 0 aliphatic heterocycles. The van der Waals surface area contributed by atoms with Crippen LogP contribution < -0.4 is 10.1 Å². The number of nitrogens with one attached hydrogen (secondary N) is 1. The third-order valence-corrected chi connectivity index (χ3v) is 8.84. The van der Waals surface area contributed by atoms with Crippen LogP contribution in [0.5, 0.6) is 5.75 Å². The van der Waals surface area contributed by atoms with Gasteiger partial charge in [0.25, 0.3) is 0 Å². The van der Waals surface area contributed by atoms with Gasteiger partial charge < -0.3 is 14.6 Å². The molecule has 0 spiro atoms. The third kappa shape index (κ3) is 5.60. The second-order valence-corrected chi connectivity index (χ2v) is 11.3. The SMILES string of the molecule is CCC1CCc2c(sc(NC(=O)CSc3nnc(C(C)Oc4ccc(C)cc4C)n3CC)c2C#N)C1. The number of benzene rings is 1. The van der Waals surface area contributed by atoms with E-state index in [0.29, 0.717) is 28.2 Å². The van der Waals surface area contributed by atoms with Crippen LogP contribution in [0.15, 0.2) is 23.4 Å². The monoisotopic (exact) mass is 523 g/mol. The number of carbonyl (C=O) groups is 1. The van der Waals surface area contributed by atoms with Gasteiger partial charge in [0.15, 0.2) is 17.1 Å². The number of amides is 1. The fraction of sp³-hybridized carbons (Fsp3) is 0.481. The Bertz CT molecular complexity index is 1290. The molecule has 7 nitrogen and oxygen atoms in total. The molecule has 2 heterocycles. The van der Waals surface area contributed by atoms with Crippen LogP contribution in [0.4, 0.5) is 5.00 Å². The Balaban J connectivity index is 1.41. The molecule has 3 aromatic rings. The lowest BCUT2D eigenvalue weighted by molar-refractivity contribution is -0.113. The Hall–Kier alpha value is -2.83. The Morgan fingerprint density at radius 3 is 2.86 bits per heavy atom. The number of carbonyl (C=O) groups excluding carboxylic acids is 1.